The number of pyridine rings is 2. The van der Waals surface area contributed by atoms with Crippen molar-refractivity contribution in [1.82, 2.24) is 19.1 Å². The van der Waals surface area contributed by atoms with Gasteiger partial charge in [0.25, 0.3) is 0 Å². The first-order valence-corrected chi connectivity index (χ1v) is 24.2. The molecule has 4 heterocycles. The number of nitrogens with zero attached hydrogens (tertiary/aromatic N) is 4. The van der Waals surface area contributed by atoms with Gasteiger partial charge in [-0.1, -0.05) is 24.0 Å². The number of hydrogen-bond acceptors (Lipinski definition) is 6. The summed E-state index contributed by atoms with van der Waals surface area (Å²) in [6.45, 7) is 12.8. The number of aryl methyl sites for hydroxylation is 3. The molecule has 0 radical (unpaired) electrons. The molecule has 4 aromatic heterocycles. The number of sulfone groups is 2. The molecule has 0 spiro atoms. The van der Waals surface area contributed by atoms with Crippen molar-refractivity contribution in [2.24, 2.45) is 0 Å². The highest BCUT2D eigenvalue weighted by molar-refractivity contribution is 14.1. The maximum Gasteiger partial charge on any atom is 0.175 e. The number of hydrogen-bond donors (Lipinski definition) is 0. The number of fused-ring (bicyclic) bond motifs is 2. The lowest BCUT2D eigenvalue weighted by Crippen LogP contribution is -2.06. The minimum atomic E-state index is -3.17. The molecule has 11 heteroatoms. The summed E-state index contributed by atoms with van der Waals surface area (Å²) in [7, 11) is -6.34. The molecule has 0 atom stereocenters. The fourth-order valence-corrected chi connectivity index (χ4v) is 7.93. The van der Waals surface area contributed by atoms with Gasteiger partial charge in [-0.15, -0.1) is 12.8 Å². The van der Waals surface area contributed by atoms with E-state index in [0.29, 0.717) is 22.9 Å². The van der Waals surface area contributed by atoms with Gasteiger partial charge in [0.05, 0.1) is 9.79 Å². The second kappa shape index (κ2) is 25.6. The molecule has 6 aromatic rings. The molecule has 0 saturated carbocycles. The Morgan fingerprint density at radius 1 is 0.569 bits per heavy atom. The average Bonchev–Trinajstić information content (AvgIpc) is 3.72. The minimum Gasteiger partial charge on any atom is -0.325 e. The fourth-order valence-electron chi connectivity index (χ4n) is 5.81. The monoisotopic (exact) mass is 1000 g/mol. The van der Waals surface area contributed by atoms with E-state index in [-0.39, 0.29) is 0 Å². The zero-order chi connectivity index (χ0) is 48.0. The smallest absolute Gasteiger partial charge is 0.175 e. The number of rotatable bonds is 6. The van der Waals surface area contributed by atoms with E-state index in [0.717, 1.165) is 50.0 Å². The predicted octanol–water partition coefficient (Wildman–Crippen LogP) is 8.12. The largest absolute Gasteiger partial charge is 0.325 e. The van der Waals surface area contributed by atoms with Crippen molar-refractivity contribution in [3.8, 4) is 108 Å². The van der Waals surface area contributed by atoms with Crippen molar-refractivity contribution in [2.45, 2.75) is 64.4 Å². The van der Waals surface area contributed by atoms with Gasteiger partial charge >= 0.3 is 0 Å². The van der Waals surface area contributed by atoms with Crippen LogP contribution in [0.4, 0.5) is 0 Å². The van der Waals surface area contributed by atoms with Gasteiger partial charge in [0.1, 0.15) is 11.3 Å². The van der Waals surface area contributed by atoms with E-state index in [9.17, 15) is 16.8 Å². The van der Waals surface area contributed by atoms with Crippen molar-refractivity contribution in [3.63, 3.8) is 0 Å². The van der Waals surface area contributed by atoms with Crippen molar-refractivity contribution in [2.75, 3.05) is 12.5 Å². The van der Waals surface area contributed by atoms with Gasteiger partial charge in [0, 0.05) is 63.7 Å². The molecule has 0 bridgehead atoms. The van der Waals surface area contributed by atoms with E-state index in [1.54, 1.807) is 50.5 Å². The normalized spacial score (nSPS) is 9.40. The van der Waals surface area contributed by atoms with Crippen molar-refractivity contribution < 1.29 is 16.8 Å². The standard InChI is InChI=1S/C17H17IN2O2S.C17H18N2O2S.C11H4.C9H4/c1-11-9-14(23(3,21)22)7-6-13(11)10-20-12(2)16(18)15-5-4-8-19-17(15)20;1-12-9-16(22(3,20)21)7-6-15(12)11-19-13(2)10-14-5-4-8-18-17(14)19;1-3-5-7-9-11-10-8-6-4-2;1-3-5-7-9-8-6-4-2/h4-9H,10H2,1-3H3;4-10H,11H2,1-3H3;1H,2H3;1H,2H3. The lowest BCUT2D eigenvalue weighted by molar-refractivity contribution is 0.600. The number of halogens is 1. The zero-order valence-corrected chi connectivity index (χ0v) is 41.0. The Bertz CT molecular complexity index is 3540. The van der Waals surface area contributed by atoms with Crippen LogP contribution in [-0.2, 0) is 32.8 Å². The third-order valence-electron chi connectivity index (χ3n) is 9.02. The van der Waals surface area contributed by atoms with Crippen molar-refractivity contribution >= 4 is 64.3 Å². The first kappa shape index (κ1) is 51.8. The van der Waals surface area contributed by atoms with E-state index in [1.807, 2.05) is 44.2 Å². The van der Waals surface area contributed by atoms with Gasteiger partial charge < -0.3 is 9.13 Å². The van der Waals surface area contributed by atoms with Crippen LogP contribution in [0.3, 0.4) is 0 Å². The zero-order valence-electron chi connectivity index (χ0n) is 37.2. The minimum absolute atomic E-state index is 0.362. The number of benzene rings is 2. The third-order valence-corrected chi connectivity index (χ3v) is 12.6. The molecule has 0 N–H and O–H groups in total. The van der Waals surface area contributed by atoms with E-state index >= 15 is 0 Å². The van der Waals surface area contributed by atoms with Crippen LogP contribution in [0, 0.1) is 139 Å². The first-order chi connectivity index (χ1) is 31.0. The van der Waals surface area contributed by atoms with Crippen molar-refractivity contribution in [1.29, 1.82) is 0 Å². The van der Waals surface area contributed by atoms with Crippen LogP contribution in [0.1, 0.15) is 47.5 Å². The van der Waals surface area contributed by atoms with Gasteiger partial charge in [-0.2, -0.15) is 0 Å². The Morgan fingerprint density at radius 3 is 1.45 bits per heavy atom. The molecule has 2 aromatic carbocycles. The summed E-state index contributed by atoms with van der Waals surface area (Å²) in [4.78, 5) is 9.68. The third kappa shape index (κ3) is 16.0. The molecule has 0 fully saturated rings. The molecule has 65 heavy (non-hydrogen) atoms. The maximum atomic E-state index is 11.7. The van der Waals surface area contributed by atoms with Crippen molar-refractivity contribution in [3.05, 3.63) is 116 Å². The van der Waals surface area contributed by atoms with Gasteiger partial charge in [0.15, 0.2) is 19.7 Å². The second-order valence-electron chi connectivity index (χ2n) is 13.7. The topological polar surface area (TPSA) is 104 Å². The van der Waals surface area contributed by atoms with Crippen LogP contribution in [0.2, 0.25) is 0 Å². The quantitative estimate of drug-likeness (QED) is 0.124. The van der Waals surface area contributed by atoms with E-state index in [1.165, 1.54) is 21.8 Å². The molecule has 322 valence electrons. The van der Waals surface area contributed by atoms with Crippen LogP contribution in [-0.4, -0.2) is 48.4 Å². The molecular weight excluding hydrogens is 960 g/mol. The van der Waals surface area contributed by atoms with Gasteiger partial charge in [-0.3, -0.25) is 0 Å². The van der Waals surface area contributed by atoms with Crippen LogP contribution in [0.25, 0.3) is 22.1 Å². The Balaban J connectivity index is 0.000000248. The van der Waals surface area contributed by atoms with Gasteiger partial charge in [-0.05, 0) is 224 Å². The summed E-state index contributed by atoms with van der Waals surface area (Å²) in [6, 6.07) is 20.7. The summed E-state index contributed by atoms with van der Waals surface area (Å²) in [5.41, 5.74) is 8.36. The summed E-state index contributed by atoms with van der Waals surface area (Å²) in [5.74, 6) is 38.9. The van der Waals surface area contributed by atoms with Crippen LogP contribution in [0.5, 0.6) is 0 Å². The van der Waals surface area contributed by atoms with Crippen LogP contribution in [0.15, 0.2) is 88.9 Å². The summed E-state index contributed by atoms with van der Waals surface area (Å²) in [5, 5.41) is 2.27. The molecule has 6 rings (SSSR count). The highest BCUT2D eigenvalue weighted by Crippen LogP contribution is 2.28. The molecular formula is C54H43IN4O4S2. The van der Waals surface area contributed by atoms with Crippen LogP contribution >= 0.6 is 22.6 Å². The van der Waals surface area contributed by atoms with E-state index in [4.69, 9.17) is 12.8 Å². The summed E-state index contributed by atoms with van der Waals surface area (Å²) >= 11 is 2.35. The SMILES string of the molecule is C#CC#CC#CC#CC.C#CC#CC#CC#CC#CC.Cc1cc(S(C)(=O)=O)ccc1Cn1c(C)c(I)c2cccnc21.Cc1cc(S(C)(=O)=O)ccc1Cn1c(C)cc2cccnc21. The molecule has 0 saturated heterocycles. The summed E-state index contributed by atoms with van der Waals surface area (Å²) in [6.07, 6.45) is 15.7. The number of terminal acetylenes is 2. The fraction of sp³-hybridized carbons (Fsp3) is 0.185. The Hall–Kier alpha value is -7.51. The predicted molar refractivity (Wildman–Crippen MR) is 272 cm³/mol. The van der Waals surface area contributed by atoms with E-state index < -0.39 is 19.7 Å². The highest BCUT2D eigenvalue weighted by Gasteiger charge is 2.15. The molecule has 0 aliphatic rings. The Labute approximate surface area is 398 Å². The summed E-state index contributed by atoms with van der Waals surface area (Å²) < 4.78 is 52.1. The van der Waals surface area contributed by atoms with Gasteiger partial charge in [-0.25, -0.2) is 26.8 Å². The maximum absolute atomic E-state index is 11.7. The lowest BCUT2D eigenvalue weighted by Gasteiger charge is -2.11. The van der Waals surface area contributed by atoms with Gasteiger partial charge in [0.2, 0.25) is 0 Å². The lowest BCUT2D eigenvalue weighted by atomic mass is 10.1. The molecule has 8 nitrogen and oxygen atoms in total. The molecule has 0 aliphatic heterocycles. The van der Waals surface area contributed by atoms with E-state index in [2.05, 4.69) is 162 Å². The Morgan fingerprint density at radius 2 is 1.00 bits per heavy atom. The molecule has 0 amide bonds. The first-order valence-electron chi connectivity index (χ1n) is 19.3. The molecule has 0 aliphatic carbocycles. The van der Waals surface area contributed by atoms with Crippen LogP contribution < -0.4 is 0 Å². The Kier molecular flexibility index (Phi) is 20.4. The average molecular weight is 1000 g/mol. The second-order valence-corrected chi connectivity index (χ2v) is 18.8. The molecule has 0 unspecified atom stereocenters. The highest BCUT2D eigenvalue weighted by atomic mass is 127. The number of aromatic nitrogens is 4.